The van der Waals surface area contributed by atoms with E-state index in [-0.39, 0.29) is 5.91 Å². The van der Waals surface area contributed by atoms with Crippen LogP contribution in [0.4, 0.5) is 0 Å². The summed E-state index contributed by atoms with van der Waals surface area (Å²) in [6.45, 7) is 2.72. The van der Waals surface area contributed by atoms with Crippen molar-refractivity contribution in [3.05, 3.63) is 40.4 Å². The van der Waals surface area contributed by atoms with Crippen LogP contribution in [0.15, 0.2) is 29.6 Å². The third-order valence-corrected chi connectivity index (χ3v) is 4.79. The maximum Gasteiger partial charge on any atom is 0.252 e. The average molecular weight is 322 g/mol. The van der Waals surface area contributed by atoms with E-state index in [1.807, 2.05) is 24.3 Å². The minimum Gasteiger partial charge on any atom is -0.352 e. The van der Waals surface area contributed by atoms with Gasteiger partial charge in [-0.1, -0.05) is 29.8 Å². The molecule has 0 radical (unpaired) electrons. The van der Waals surface area contributed by atoms with Crippen LogP contribution >= 0.6 is 22.9 Å². The van der Waals surface area contributed by atoms with Gasteiger partial charge in [-0.25, -0.2) is 4.98 Å². The van der Waals surface area contributed by atoms with Gasteiger partial charge in [0.2, 0.25) is 0 Å². The van der Waals surface area contributed by atoms with E-state index >= 15 is 0 Å². The molecule has 1 amide bonds. The fourth-order valence-corrected chi connectivity index (χ4v) is 3.45. The Hall–Kier alpha value is -1.43. The largest absolute Gasteiger partial charge is 0.352 e. The molecule has 1 unspecified atom stereocenters. The van der Waals surface area contributed by atoms with Gasteiger partial charge in [-0.15, -0.1) is 11.3 Å². The van der Waals surface area contributed by atoms with Crippen molar-refractivity contribution in [2.75, 3.05) is 19.6 Å². The number of aromatic nitrogens is 1. The summed E-state index contributed by atoms with van der Waals surface area (Å²) in [7, 11) is 0. The lowest BCUT2D eigenvalue weighted by molar-refractivity contribution is 0.0949. The number of hydrogen-bond acceptors (Lipinski definition) is 4. The second-order valence-corrected chi connectivity index (χ2v) is 6.34. The molecule has 1 aromatic heterocycles. The van der Waals surface area contributed by atoms with Crippen LogP contribution in [0.25, 0.3) is 10.6 Å². The number of nitrogens with one attached hydrogen (secondary N) is 2. The molecule has 2 heterocycles. The molecule has 1 aliphatic heterocycles. The van der Waals surface area contributed by atoms with Crippen molar-refractivity contribution >= 4 is 28.8 Å². The smallest absolute Gasteiger partial charge is 0.252 e. The minimum absolute atomic E-state index is 0.0520. The van der Waals surface area contributed by atoms with Crippen molar-refractivity contribution in [2.24, 2.45) is 5.92 Å². The maximum atomic E-state index is 12.4. The van der Waals surface area contributed by atoms with Crippen LogP contribution < -0.4 is 10.6 Å². The highest BCUT2D eigenvalue weighted by Gasteiger charge is 2.18. The van der Waals surface area contributed by atoms with E-state index in [1.54, 1.807) is 5.38 Å². The molecule has 0 aliphatic carbocycles. The Balaban J connectivity index is 1.76. The topological polar surface area (TPSA) is 54.0 Å². The van der Waals surface area contributed by atoms with Gasteiger partial charge in [0, 0.05) is 23.1 Å². The van der Waals surface area contributed by atoms with Crippen LogP contribution in [0.1, 0.15) is 16.8 Å². The fraction of sp³-hybridized carbons (Fsp3) is 0.333. The Morgan fingerprint density at radius 1 is 1.48 bits per heavy atom. The standard InChI is InChI=1S/C15H16ClN3OS/c16-13-9-21-15(19-13)12-4-2-1-3-11(12)14(20)18-8-10-5-6-17-7-10/h1-4,9-10,17H,5-8H2,(H,18,20). The van der Waals surface area contributed by atoms with Crippen LogP contribution in [0.3, 0.4) is 0 Å². The highest BCUT2D eigenvalue weighted by atomic mass is 35.5. The quantitative estimate of drug-likeness (QED) is 0.910. The number of rotatable bonds is 4. The van der Waals surface area contributed by atoms with Gasteiger partial charge < -0.3 is 10.6 Å². The van der Waals surface area contributed by atoms with Gasteiger partial charge in [-0.2, -0.15) is 0 Å². The summed E-state index contributed by atoms with van der Waals surface area (Å²) in [4.78, 5) is 16.7. The molecule has 2 N–H and O–H groups in total. The van der Waals surface area contributed by atoms with Crippen molar-refractivity contribution in [3.63, 3.8) is 0 Å². The average Bonchev–Trinajstić information content (AvgIpc) is 3.16. The first-order chi connectivity index (χ1) is 10.2. The first-order valence-electron chi connectivity index (χ1n) is 6.93. The lowest BCUT2D eigenvalue weighted by atomic mass is 10.1. The van der Waals surface area contributed by atoms with Gasteiger partial charge >= 0.3 is 0 Å². The van der Waals surface area contributed by atoms with Gasteiger partial charge in [0.1, 0.15) is 10.2 Å². The van der Waals surface area contributed by atoms with Gasteiger partial charge in [0.25, 0.3) is 5.91 Å². The monoisotopic (exact) mass is 321 g/mol. The second kappa shape index (κ2) is 6.56. The van der Waals surface area contributed by atoms with Crippen LogP contribution in [0.5, 0.6) is 0 Å². The number of halogens is 1. The normalized spacial score (nSPS) is 17.9. The Morgan fingerprint density at radius 3 is 3.05 bits per heavy atom. The lowest BCUT2D eigenvalue weighted by Crippen LogP contribution is -2.30. The van der Waals surface area contributed by atoms with E-state index in [0.29, 0.717) is 23.2 Å². The molecule has 1 atom stereocenters. The molecule has 2 aromatic rings. The van der Waals surface area contributed by atoms with Crippen LogP contribution in [-0.2, 0) is 0 Å². The Bertz CT molecular complexity index is 637. The maximum absolute atomic E-state index is 12.4. The van der Waals surface area contributed by atoms with Gasteiger partial charge in [0.15, 0.2) is 0 Å². The molecule has 1 saturated heterocycles. The second-order valence-electron chi connectivity index (χ2n) is 5.09. The molecule has 3 rings (SSSR count). The number of benzene rings is 1. The fourth-order valence-electron chi connectivity index (χ4n) is 2.47. The van der Waals surface area contributed by atoms with E-state index < -0.39 is 0 Å². The predicted molar refractivity (Wildman–Crippen MR) is 85.9 cm³/mol. The third kappa shape index (κ3) is 3.43. The molecule has 1 fully saturated rings. The summed E-state index contributed by atoms with van der Waals surface area (Å²) in [5.74, 6) is 0.472. The zero-order chi connectivity index (χ0) is 14.7. The summed E-state index contributed by atoms with van der Waals surface area (Å²) in [5, 5.41) is 9.33. The summed E-state index contributed by atoms with van der Waals surface area (Å²) in [6, 6.07) is 7.50. The van der Waals surface area contributed by atoms with E-state index in [1.165, 1.54) is 11.3 Å². The molecule has 4 nitrogen and oxygen atoms in total. The molecule has 0 saturated carbocycles. The first kappa shape index (κ1) is 14.5. The number of nitrogens with zero attached hydrogens (tertiary/aromatic N) is 1. The van der Waals surface area contributed by atoms with Crippen molar-refractivity contribution in [3.8, 4) is 10.6 Å². The van der Waals surface area contributed by atoms with E-state index in [0.717, 1.165) is 30.1 Å². The summed E-state index contributed by atoms with van der Waals surface area (Å²) >= 11 is 7.33. The minimum atomic E-state index is -0.0520. The van der Waals surface area contributed by atoms with E-state index in [2.05, 4.69) is 15.6 Å². The van der Waals surface area contributed by atoms with Crippen LogP contribution in [-0.4, -0.2) is 30.5 Å². The van der Waals surface area contributed by atoms with Gasteiger partial charge in [-0.05, 0) is 31.5 Å². The summed E-state index contributed by atoms with van der Waals surface area (Å²) < 4.78 is 0. The molecule has 1 aliphatic rings. The van der Waals surface area contributed by atoms with Crippen molar-refractivity contribution in [1.82, 2.24) is 15.6 Å². The molecular weight excluding hydrogens is 306 g/mol. The highest BCUT2D eigenvalue weighted by molar-refractivity contribution is 7.13. The molecule has 0 bridgehead atoms. The Kier molecular flexibility index (Phi) is 4.53. The number of carbonyl (C=O) groups excluding carboxylic acids is 1. The summed E-state index contributed by atoms with van der Waals surface area (Å²) in [5.41, 5.74) is 1.48. The third-order valence-electron chi connectivity index (χ3n) is 3.59. The van der Waals surface area contributed by atoms with E-state index in [4.69, 9.17) is 11.6 Å². The molecule has 21 heavy (non-hydrogen) atoms. The molecule has 0 spiro atoms. The molecule has 1 aromatic carbocycles. The van der Waals surface area contributed by atoms with Crippen molar-refractivity contribution in [1.29, 1.82) is 0 Å². The Labute approximate surface area is 132 Å². The SMILES string of the molecule is O=C(NCC1CCNC1)c1ccccc1-c1nc(Cl)cs1. The van der Waals surface area contributed by atoms with Gasteiger partial charge in [-0.3, -0.25) is 4.79 Å². The summed E-state index contributed by atoms with van der Waals surface area (Å²) in [6.07, 6.45) is 1.12. The van der Waals surface area contributed by atoms with Crippen LogP contribution in [0.2, 0.25) is 5.15 Å². The number of thiazole rings is 1. The highest BCUT2D eigenvalue weighted by Crippen LogP contribution is 2.28. The van der Waals surface area contributed by atoms with E-state index in [9.17, 15) is 4.79 Å². The van der Waals surface area contributed by atoms with Crippen molar-refractivity contribution in [2.45, 2.75) is 6.42 Å². The first-order valence-corrected chi connectivity index (χ1v) is 8.19. The number of amides is 1. The zero-order valence-corrected chi connectivity index (χ0v) is 13.0. The molecule has 6 heteroatoms. The van der Waals surface area contributed by atoms with Crippen molar-refractivity contribution < 1.29 is 4.79 Å². The number of hydrogen-bond donors (Lipinski definition) is 2. The number of carbonyl (C=O) groups is 1. The molecular formula is C15H16ClN3OS. The zero-order valence-electron chi connectivity index (χ0n) is 11.4. The predicted octanol–water partition coefficient (Wildman–Crippen LogP) is 2.80. The Morgan fingerprint density at radius 2 is 2.33 bits per heavy atom. The molecule has 110 valence electrons. The lowest BCUT2D eigenvalue weighted by Gasteiger charge is -2.11. The van der Waals surface area contributed by atoms with Gasteiger partial charge in [0.05, 0.1) is 0 Å². The van der Waals surface area contributed by atoms with Crippen LogP contribution in [0, 0.1) is 5.92 Å².